The normalized spacial score (nSPS) is 14.9. The van der Waals surface area contributed by atoms with Crippen molar-refractivity contribution in [3.05, 3.63) is 35.9 Å². The van der Waals surface area contributed by atoms with Crippen LogP contribution >= 0.6 is 0 Å². The molecule has 0 heterocycles. The minimum Gasteiger partial charge on any atom is -0.372 e. The van der Waals surface area contributed by atoms with Gasteiger partial charge in [0, 0.05) is 6.04 Å². The Hall–Kier alpha value is -0.900. The third-order valence-electron chi connectivity index (χ3n) is 2.58. The zero-order valence-corrected chi connectivity index (χ0v) is 9.44. The molecule has 2 atom stereocenters. The van der Waals surface area contributed by atoms with Gasteiger partial charge in [0.15, 0.2) is 0 Å². The molecule has 0 aliphatic rings. The molecule has 0 spiro atoms. The fourth-order valence-electron chi connectivity index (χ4n) is 1.50. The first kappa shape index (κ1) is 12.2. The van der Waals surface area contributed by atoms with Gasteiger partial charge < -0.3 is 4.74 Å². The molecule has 2 unspecified atom stereocenters. The van der Waals surface area contributed by atoms with Crippen LogP contribution in [0.15, 0.2) is 30.3 Å². The quantitative estimate of drug-likeness (QED) is 0.554. The van der Waals surface area contributed by atoms with E-state index in [1.54, 1.807) is 0 Å². The highest BCUT2D eigenvalue weighted by atomic mass is 16.5. The second-order valence-corrected chi connectivity index (χ2v) is 3.68. The maximum absolute atomic E-state index is 5.73. The summed E-state index contributed by atoms with van der Waals surface area (Å²) in [5.41, 5.74) is 3.95. The molecule has 0 saturated heterocycles. The number of ether oxygens (including phenoxy) is 1. The van der Waals surface area contributed by atoms with Crippen LogP contribution in [0.1, 0.15) is 25.8 Å². The molecule has 0 bridgehead atoms. The molecule has 1 aromatic rings. The van der Waals surface area contributed by atoms with E-state index in [0.717, 1.165) is 6.42 Å². The first-order valence-corrected chi connectivity index (χ1v) is 5.39. The van der Waals surface area contributed by atoms with Crippen molar-refractivity contribution in [3.63, 3.8) is 0 Å². The van der Waals surface area contributed by atoms with Gasteiger partial charge in [-0.1, -0.05) is 37.3 Å². The average molecular weight is 208 g/mol. The van der Waals surface area contributed by atoms with Gasteiger partial charge in [-0.2, -0.15) is 0 Å². The highest BCUT2D eigenvalue weighted by molar-refractivity contribution is 5.13. The predicted octanol–water partition coefficient (Wildman–Crippen LogP) is 1.83. The van der Waals surface area contributed by atoms with Gasteiger partial charge in [0.05, 0.1) is 12.7 Å². The summed E-state index contributed by atoms with van der Waals surface area (Å²) in [4.78, 5) is 0. The van der Waals surface area contributed by atoms with Gasteiger partial charge in [-0.3, -0.25) is 11.3 Å². The summed E-state index contributed by atoms with van der Waals surface area (Å²) in [7, 11) is 0. The van der Waals surface area contributed by atoms with Crippen molar-refractivity contribution in [3.8, 4) is 0 Å². The number of nitrogens with one attached hydrogen (secondary N) is 1. The number of hydrazine groups is 1. The summed E-state index contributed by atoms with van der Waals surface area (Å²) in [6, 6.07) is 10.4. The SMILES string of the molecule is CCC(NN)C(C)OCc1ccccc1. The van der Waals surface area contributed by atoms with Crippen molar-refractivity contribution in [1.29, 1.82) is 0 Å². The lowest BCUT2D eigenvalue weighted by molar-refractivity contribution is 0.0261. The average Bonchev–Trinajstić information content (AvgIpc) is 2.29. The van der Waals surface area contributed by atoms with E-state index < -0.39 is 0 Å². The molecule has 0 fully saturated rings. The third-order valence-corrected chi connectivity index (χ3v) is 2.58. The van der Waals surface area contributed by atoms with Crippen molar-refractivity contribution < 1.29 is 4.74 Å². The van der Waals surface area contributed by atoms with E-state index in [4.69, 9.17) is 10.6 Å². The van der Waals surface area contributed by atoms with Gasteiger partial charge in [-0.05, 0) is 18.9 Å². The Morgan fingerprint density at radius 3 is 2.53 bits per heavy atom. The molecule has 0 aliphatic carbocycles. The van der Waals surface area contributed by atoms with Crippen LogP contribution in [-0.4, -0.2) is 12.1 Å². The van der Waals surface area contributed by atoms with E-state index in [1.165, 1.54) is 5.56 Å². The molecule has 15 heavy (non-hydrogen) atoms. The zero-order chi connectivity index (χ0) is 11.1. The highest BCUT2D eigenvalue weighted by Gasteiger charge is 2.13. The summed E-state index contributed by atoms with van der Waals surface area (Å²) in [5, 5.41) is 0. The van der Waals surface area contributed by atoms with Gasteiger partial charge >= 0.3 is 0 Å². The van der Waals surface area contributed by atoms with Crippen LogP contribution in [-0.2, 0) is 11.3 Å². The Morgan fingerprint density at radius 2 is 2.00 bits per heavy atom. The summed E-state index contributed by atoms with van der Waals surface area (Å²) >= 11 is 0. The molecule has 3 N–H and O–H groups in total. The van der Waals surface area contributed by atoms with Crippen molar-refractivity contribution in [2.24, 2.45) is 5.84 Å². The first-order chi connectivity index (χ1) is 7.27. The molecular formula is C12H20N2O. The van der Waals surface area contributed by atoms with E-state index >= 15 is 0 Å². The molecule has 3 heteroatoms. The number of hydrogen-bond donors (Lipinski definition) is 2. The Morgan fingerprint density at radius 1 is 1.33 bits per heavy atom. The Labute approximate surface area is 91.6 Å². The molecule has 1 rings (SSSR count). The molecule has 0 aliphatic heterocycles. The monoisotopic (exact) mass is 208 g/mol. The van der Waals surface area contributed by atoms with E-state index in [-0.39, 0.29) is 12.1 Å². The van der Waals surface area contributed by atoms with E-state index in [9.17, 15) is 0 Å². The van der Waals surface area contributed by atoms with Crippen LogP contribution in [0.3, 0.4) is 0 Å². The van der Waals surface area contributed by atoms with Crippen LogP contribution < -0.4 is 11.3 Å². The smallest absolute Gasteiger partial charge is 0.0721 e. The lowest BCUT2D eigenvalue weighted by Crippen LogP contribution is -2.43. The fourth-order valence-corrected chi connectivity index (χ4v) is 1.50. The van der Waals surface area contributed by atoms with Gasteiger partial charge in [0.2, 0.25) is 0 Å². The number of nitrogens with two attached hydrogens (primary N) is 1. The van der Waals surface area contributed by atoms with Crippen LogP contribution in [0.4, 0.5) is 0 Å². The van der Waals surface area contributed by atoms with Crippen molar-refractivity contribution in [2.75, 3.05) is 0 Å². The minimum absolute atomic E-state index is 0.125. The van der Waals surface area contributed by atoms with Gasteiger partial charge in [0.1, 0.15) is 0 Å². The zero-order valence-electron chi connectivity index (χ0n) is 9.44. The van der Waals surface area contributed by atoms with Crippen molar-refractivity contribution >= 4 is 0 Å². The maximum atomic E-state index is 5.73. The topological polar surface area (TPSA) is 47.3 Å². The summed E-state index contributed by atoms with van der Waals surface area (Å²) in [5.74, 6) is 5.42. The number of benzene rings is 1. The molecule has 1 aromatic carbocycles. The Kier molecular flexibility index (Phi) is 5.32. The minimum atomic E-state index is 0.125. The van der Waals surface area contributed by atoms with Crippen molar-refractivity contribution in [1.82, 2.24) is 5.43 Å². The van der Waals surface area contributed by atoms with Crippen LogP contribution in [0.5, 0.6) is 0 Å². The van der Waals surface area contributed by atoms with Gasteiger partial charge in [0.25, 0.3) is 0 Å². The Balaban J connectivity index is 2.36. The highest BCUT2D eigenvalue weighted by Crippen LogP contribution is 2.07. The fraction of sp³-hybridized carbons (Fsp3) is 0.500. The van der Waals surface area contributed by atoms with E-state index in [2.05, 4.69) is 24.5 Å². The summed E-state index contributed by atoms with van der Waals surface area (Å²) in [6.07, 6.45) is 1.09. The summed E-state index contributed by atoms with van der Waals surface area (Å²) < 4.78 is 5.73. The first-order valence-electron chi connectivity index (χ1n) is 5.39. The predicted molar refractivity (Wildman–Crippen MR) is 62.1 cm³/mol. The molecular weight excluding hydrogens is 188 g/mol. The lowest BCUT2D eigenvalue weighted by Gasteiger charge is -2.22. The van der Waals surface area contributed by atoms with Crippen LogP contribution in [0.25, 0.3) is 0 Å². The molecule has 3 nitrogen and oxygen atoms in total. The second-order valence-electron chi connectivity index (χ2n) is 3.68. The van der Waals surface area contributed by atoms with E-state index in [1.807, 2.05) is 25.1 Å². The van der Waals surface area contributed by atoms with E-state index in [0.29, 0.717) is 6.61 Å². The van der Waals surface area contributed by atoms with Crippen molar-refractivity contribution in [2.45, 2.75) is 39.0 Å². The van der Waals surface area contributed by atoms with Gasteiger partial charge in [-0.25, -0.2) is 0 Å². The maximum Gasteiger partial charge on any atom is 0.0721 e. The molecule has 0 aromatic heterocycles. The lowest BCUT2D eigenvalue weighted by atomic mass is 10.1. The standard InChI is InChI=1S/C12H20N2O/c1-3-12(14-13)10(2)15-9-11-7-5-4-6-8-11/h4-8,10,12,14H,3,9,13H2,1-2H3. The molecule has 0 amide bonds. The number of hydrogen-bond acceptors (Lipinski definition) is 3. The van der Waals surface area contributed by atoms with Crippen LogP contribution in [0.2, 0.25) is 0 Å². The Bertz CT molecular complexity index is 260. The molecule has 0 radical (unpaired) electrons. The van der Waals surface area contributed by atoms with Crippen LogP contribution in [0, 0.1) is 0 Å². The largest absolute Gasteiger partial charge is 0.372 e. The molecule has 84 valence electrons. The number of rotatable bonds is 6. The third kappa shape index (κ3) is 4.00. The van der Waals surface area contributed by atoms with Gasteiger partial charge in [-0.15, -0.1) is 0 Å². The second kappa shape index (κ2) is 6.56. The summed E-state index contributed by atoms with van der Waals surface area (Å²) in [6.45, 7) is 4.77. The molecule has 0 saturated carbocycles.